The molecule has 0 bridgehead atoms. The summed E-state index contributed by atoms with van der Waals surface area (Å²) in [6, 6.07) is 0. The van der Waals surface area contributed by atoms with Crippen molar-refractivity contribution in [3.05, 3.63) is 24.3 Å². The van der Waals surface area contributed by atoms with E-state index in [0.717, 1.165) is 4.57 Å². The van der Waals surface area contributed by atoms with E-state index in [9.17, 15) is 22.8 Å². The Morgan fingerprint density at radius 2 is 1.83 bits per heavy atom. The summed E-state index contributed by atoms with van der Waals surface area (Å²) in [6.45, 7) is 9.90. The van der Waals surface area contributed by atoms with Crippen LogP contribution < -0.4 is 0 Å². The number of fused-ring (bicyclic) bond motifs is 1. The van der Waals surface area contributed by atoms with Gasteiger partial charge in [-0.1, -0.05) is 6.08 Å². The van der Waals surface area contributed by atoms with Crippen molar-refractivity contribution in [2.75, 3.05) is 19.6 Å². The third-order valence-corrected chi connectivity index (χ3v) is 5.25. The van der Waals surface area contributed by atoms with Gasteiger partial charge in [0.15, 0.2) is 5.82 Å². The molecule has 0 radical (unpaired) electrons. The molecule has 2 aliphatic rings. The second-order valence-electron chi connectivity index (χ2n) is 8.57. The van der Waals surface area contributed by atoms with Crippen molar-refractivity contribution in [3.8, 4) is 0 Å². The Morgan fingerprint density at radius 1 is 1.13 bits per heavy atom. The van der Waals surface area contributed by atoms with E-state index in [2.05, 4.69) is 16.8 Å². The third kappa shape index (κ3) is 4.59. The molecule has 11 heteroatoms. The van der Waals surface area contributed by atoms with Crippen LogP contribution in [0.15, 0.2) is 12.7 Å². The number of carbonyl (C=O) groups is 2. The van der Waals surface area contributed by atoms with Crippen molar-refractivity contribution >= 4 is 12.0 Å². The first-order valence-electron chi connectivity index (χ1n) is 9.79. The summed E-state index contributed by atoms with van der Waals surface area (Å²) < 4.78 is 45.4. The first-order valence-corrected chi connectivity index (χ1v) is 9.79. The number of alkyl halides is 3. The molecule has 2 atom stereocenters. The first-order chi connectivity index (χ1) is 13.9. The highest BCUT2D eigenvalue weighted by Gasteiger charge is 2.42. The summed E-state index contributed by atoms with van der Waals surface area (Å²) in [4.78, 5) is 28.5. The Hall–Kier alpha value is -2.59. The van der Waals surface area contributed by atoms with Gasteiger partial charge in [-0.3, -0.25) is 4.79 Å². The molecule has 0 N–H and O–H groups in total. The third-order valence-electron chi connectivity index (χ3n) is 5.25. The standard InChI is InChI=1S/C19H26F3N5O3/c1-5-12-10-26(17(29)30-18(2,3)4)7-6-13(12)15(28)25-8-9-27-14(11-25)23-24-16(27)19(20,21)22/h5,12-13H,1,6-11H2,2-4H3/t12-,13+/m0/s1. The highest BCUT2D eigenvalue weighted by molar-refractivity contribution is 5.80. The van der Waals surface area contributed by atoms with E-state index < -0.39 is 29.6 Å². The van der Waals surface area contributed by atoms with Crippen LogP contribution in [0.3, 0.4) is 0 Å². The van der Waals surface area contributed by atoms with Gasteiger partial charge in [0, 0.05) is 38.0 Å². The van der Waals surface area contributed by atoms with Crippen molar-refractivity contribution < 1.29 is 27.5 Å². The molecule has 1 fully saturated rings. The largest absolute Gasteiger partial charge is 0.451 e. The van der Waals surface area contributed by atoms with Crippen LogP contribution in [-0.2, 0) is 28.8 Å². The molecular weight excluding hydrogens is 403 g/mol. The Balaban J connectivity index is 1.67. The number of piperidine rings is 1. The number of hydrogen-bond acceptors (Lipinski definition) is 5. The average Bonchev–Trinajstić information content (AvgIpc) is 3.09. The van der Waals surface area contributed by atoms with Gasteiger partial charge in [0.2, 0.25) is 11.7 Å². The van der Waals surface area contributed by atoms with Crippen molar-refractivity contribution in [2.45, 2.75) is 52.1 Å². The number of amides is 2. The molecule has 1 saturated heterocycles. The number of hydrogen-bond donors (Lipinski definition) is 0. The summed E-state index contributed by atoms with van der Waals surface area (Å²) in [6.07, 6.45) is -2.95. The minimum absolute atomic E-state index is 0.0155. The van der Waals surface area contributed by atoms with Gasteiger partial charge in [-0.05, 0) is 27.2 Å². The van der Waals surface area contributed by atoms with E-state index in [1.807, 2.05) is 0 Å². The van der Waals surface area contributed by atoms with Crippen molar-refractivity contribution in [1.29, 1.82) is 0 Å². The van der Waals surface area contributed by atoms with Gasteiger partial charge in [0.1, 0.15) is 5.60 Å². The maximum Gasteiger partial charge on any atom is 0.451 e. The number of carbonyl (C=O) groups excluding carboxylic acids is 2. The molecule has 3 rings (SSSR count). The second-order valence-corrected chi connectivity index (χ2v) is 8.57. The van der Waals surface area contributed by atoms with E-state index in [0.29, 0.717) is 19.5 Å². The van der Waals surface area contributed by atoms with Crippen LogP contribution in [-0.4, -0.2) is 61.8 Å². The number of halogens is 3. The van der Waals surface area contributed by atoms with Crippen molar-refractivity contribution in [2.24, 2.45) is 11.8 Å². The Bertz CT molecular complexity index is 830. The Kier molecular flexibility index (Phi) is 5.83. The molecule has 30 heavy (non-hydrogen) atoms. The highest BCUT2D eigenvalue weighted by atomic mass is 19.4. The zero-order valence-corrected chi connectivity index (χ0v) is 17.3. The minimum atomic E-state index is -4.58. The summed E-state index contributed by atoms with van der Waals surface area (Å²) in [7, 11) is 0. The highest BCUT2D eigenvalue weighted by Crippen LogP contribution is 2.31. The van der Waals surface area contributed by atoms with Crippen LogP contribution >= 0.6 is 0 Å². The molecule has 3 heterocycles. The van der Waals surface area contributed by atoms with Crippen LogP contribution in [0.25, 0.3) is 0 Å². The molecule has 0 unspecified atom stereocenters. The molecule has 0 aromatic carbocycles. The molecule has 1 aromatic rings. The predicted octanol–water partition coefficient (Wildman–Crippen LogP) is 2.70. The smallest absolute Gasteiger partial charge is 0.444 e. The van der Waals surface area contributed by atoms with Crippen LogP contribution in [0.1, 0.15) is 38.8 Å². The monoisotopic (exact) mass is 429 g/mol. The van der Waals surface area contributed by atoms with Gasteiger partial charge in [-0.25, -0.2) is 4.79 Å². The number of rotatable bonds is 2. The summed E-state index contributed by atoms with van der Waals surface area (Å²) in [5.74, 6) is -1.78. The van der Waals surface area contributed by atoms with E-state index in [1.165, 1.54) is 4.90 Å². The molecule has 1 aromatic heterocycles. The predicted molar refractivity (Wildman–Crippen MR) is 100 cm³/mol. The fourth-order valence-corrected chi connectivity index (χ4v) is 3.81. The Labute approximate surface area is 172 Å². The lowest BCUT2D eigenvalue weighted by molar-refractivity contribution is -0.148. The van der Waals surface area contributed by atoms with Gasteiger partial charge >= 0.3 is 12.3 Å². The molecule has 2 amide bonds. The summed E-state index contributed by atoms with van der Waals surface area (Å²) >= 11 is 0. The first kappa shape index (κ1) is 22.1. The lowest BCUT2D eigenvalue weighted by atomic mass is 9.84. The van der Waals surface area contributed by atoms with Gasteiger partial charge in [0.05, 0.1) is 6.54 Å². The van der Waals surface area contributed by atoms with E-state index >= 15 is 0 Å². The molecular formula is C19H26F3N5O3. The van der Waals surface area contributed by atoms with E-state index in [1.54, 1.807) is 31.7 Å². The number of ether oxygens (including phenoxy) is 1. The van der Waals surface area contributed by atoms with Gasteiger partial charge in [-0.2, -0.15) is 13.2 Å². The fraction of sp³-hybridized carbons (Fsp3) is 0.684. The summed E-state index contributed by atoms with van der Waals surface area (Å²) in [5.41, 5.74) is -0.619. The van der Waals surface area contributed by atoms with Crippen LogP contribution in [0.4, 0.5) is 18.0 Å². The second kappa shape index (κ2) is 7.92. The van der Waals surface area contributed by atoms with Gasteiger partial charge in [0.25, 0.3) is 0 Å². The number of aromatic nitrogens is 3. The maximum atomic E-state index is 13.1. The average molecular weight is 429 g/mol. The lowest BCUT2D eigenvalue weighted by Gasteiger charge is -2.39. The van der Waals surface area contributed by atoms with Crippen LogP contribution in [0.2, 0.25) is 0 Å². The minimum Gasteiger partial charge on any atom is -0.444 e. The molecule has 0 saturated carbocycles. The number of likely N-dealkylation sites (tertiary alicyclic amines) is 1. The van der Waals surface area contributed by atoms with Gasteiger partial charge < -0.3 is 19.1 Å². The SMILES string of the molecule is C=C[C@H]1CN(C(=O)OC(C)(C)C)CC[C@H]1C(=O)N1CCn2c(nnc2C(F)(F)F)C1. The van der Waals surface area contributed by atoms with Crippen LogP contribution in [0.5, 0.6) is 0 Å². The van der Waals surface area contributed by atoms with E-state index in [-0.39, 0.29) is 37.3 Å². The fourth-order valence-electron chi connectivity index (χ4n) is 3.81. The zero-order valence-electron chi connectivity index (χ0n) is 17.3. The lowest BCUT2D eigenvalue weighted by Crippen LogP contribution is -2.51. The van der Waals surface area contributed by atoms with Crippen molar-refractivity contribution in [1.82, 2.24) is 24.6 Å². The maximum absolute atomic E-state index is 13.1. The number of nitrogens with zero attached hydrogens (tertiary/aromatic N) is 5. The molecule has 0 aliphatic carbocycles. The zero-order chi connectivity index (χ0) is 22.3. The van der Waals surface area contributed by atoms with Gasteiger partial charge in [-0.15, -0.1) is 16.8 Å². The molecule has 8 nitrogen and oxygen atoms in total. The van der Waals surface area contributed by atoms with E-state index in [4.69, 9.17) is 4.74 Å². The van der Waals surface area contributed by atoms with Crippen LogP contribution in [0, 0.1) is 11.8 Å². The summed E-state index contributed by atoms with van der Waals surface area (Å²) in [5, 5.41) is 6.86. The van der Waals surface area contributed by atoms with Crippen molar-refractivity contribution in [3.63, 3.8) is 0 Å². The quantitative estimate of drug-likeness (QED) is 0.676. The normalized spacial score (nSPS) is 22.5. The molecule has 166 valence electrons. The molecule has 2 aliphatic heterocycles. The Morgan fingerprint density at radius 3 is 2.43 bits per heavy atom. The molecule has 0 spiro atoms. The topological polar surface area (TPSA) is 80.6 Å².